The van der Waals surface area contributed by atoms with Crippen LogP contribution in [-0.2, 0) is 0 Å². The minimum Gasteiger partial charge on any atom is -0.508 e. The van der Waals surface area contributed by atoms with Gasteiger partial charge in [-0.1, -0.05) is 12.1 Å². The number of amides is 1. The van der Waals surface area contributed by atoms with Gasteiger partial charge in [-0.25, -0.2) is 5.43 Å². The van der Waals surface area contributed by atoms with Gasteiger partial charge in [0.05, 0.1) is 11.1 Å². The summed E-state index contributed by atoms with van der Waals surface area (Å²) in [7, 11) is 0. The van der Waals surface area contributed by atoms with E-state index in [2.05, 4.69) is 10.5 Å². The van der Waals surface area contributed by atoms with Crippen molar-refractivity contribution >= 4 is 17.8 Å². The van der Waals surface area contributed by atoms with Gasteiger partial charge in [0.25, 0.3) is 11.6 Å². The van der Waals surface area contributed by atoms with Crippen molar-refractivity contribution in [3.8, 4) is 11.5 Å². The van der Waals surface area contributed by atoms with Gasteiger partial charge in [-0.05, 0) is 18.2 Å². The van der Waals surface area contributed by atoms with E-state index in [0.717, 1.165) is 12.3 Å². The molecule has 0 bridgehead atoms. The van der Waals surface area contributed by atoms with Crippen LogP contribution in [0.1, 0.15) is 15.9 Å². The fourth-order valence-electron chi connectivity index (χ4n) is 1.69. The highest BCUT2D eigenvalue weighted by Gasteiger charge is 2.18. The monoisotopic (exact) mass is 301 g/mol. The number of carbonyl (C=O) groups is 1. The Labute approximate surface area is 124 Å². The molecule has 0 unspecified atom stereocenters. The first-order valence-electron chi connectivity index (χ1n) is 6.08. The molecule has 0 saturated carbocycles. The van der Waals surface area contributed by atoms with Crippen LogP contribution in [0.4, 0.5) is 5.69 Å². The number of phenols is 2. The molecule has 0 spiro atoms. The zero-order chi connectivity index (χ0) is 16.1. The van der Waals surface area contributed by atoms with Crippen LogP contribution in [0.25, 0.3) is 0 Å². The molecule has 22 heavy (non-hydrogen) atoms. The number of carbonyl (C=O) groups excluding carboxylic acids is 1. The highest BCUT2D eigenvalue weighted by molar-refractivity contribution is 5.98. The van der Waals surface area contributed by atoms with Crippen molar-refractivity contribution in [3.05, 3.63) is 63.7 Å². The quantitative estimate of drug-likeness (QED) is 0.451. The van der Waals surface area contributed by atoms with E-state index in [0.29, 0.717) is 0 Å². The molecule has 0 fully saturated rings. The molecule has 0 aliphatic heterocycles. The van der Waals surface area contributed by atoms with Crippen molar-refractivity contribution in [3.63, 3.8) is 0 Å². The summed E-state index contributed by atoms with van der Waals surface area (Å²) in [5.41, 5.74) is 1.95. The fraction of sp³-hybridized carbons (Fsp3) is 0. The van der Waals surface area contributed by atoms with Crippen LogP contribution in [0.15, 0.2) is 47.6 Å². The molecule has 0 atom stereocenters. The molecule has 1 amide bonds. The van der Waals surface area contributed by atoms with E-state index in [-0.39, 0.29) is 28.3 Å². The molecular weight excluding hydrogens is 290 g/mol. The lowest BCUT2D eigenvalue weighted by atomic mass is 10.2. The molecule has 2 aromatic rings. The number of hydrogen-bond donors (Lipinski definition) is 3. The molecule has 3 N–H and O–H groups in total. The van der Waals surface area contributed by atoms with Gasteiger partial charge in [-0.15, -0.1) is 0 Å². The lowest BCUT2D eigenvalue weighted by Crippen LogP contribution is -2.18. The summed E-state index contributed by atoms with van der Waals surface area (Å²) in [5, 5.41) is 33.1. The van der Waals surface area contributed by atoms with Crippen LogP contribution in [-0.4, -0.2) is 27.3 Å². The fourth-order valence-corrected chi connectivity index (χ4v) is 1.69. The summed E-state index contributed by atoms with van der Waals surface area (Å²) in [5.74, 6) is -1.08. The van der Waals surface area contributed by atoms with E-state index in [4.69, 9.17) is 5.11 Å². The van der Waals surface area contributed by atoms with Crippen LogP contribution in [0, 0.1) is 10.1 Å². The zero-order valence-corrected chi connectivity index (χ0v) is 11.1. The van der Waals surface area contributed by atoms with E-state index in [1.54, 1.807) is 0 Å². The maximum absolute atomic E-state index is 11.9. The van der Waals surface area contributed by atoms with Crippen LogP contribution in [0.2, 0.25) is 0 Å². The molecule has 0 aliphatic carbocycles. The van der Waals surface area contributed by atoms with Crippen molar-refractivity contribution in [2.45, 2.75) is 0 Å². The SMILES string of the molecule is O=C(NN=Cc1ccc(O)cc1O)c1ccccc1[N+](=O)[O-]. The molecule has 8 nitrogen and oxygen atoms in total. The number of phenolic OH excluding ortho intramolecular Hbond substituents is 2. The summed E-state index contributed by atoms with van der Waals surface area (Å²) in [6.45, 7) is 0. The second-order valence-electron chi connectivity index (χ2n) is 4.22. The molecule has 0 aliphatic rings. The number of nitrogens with zero attached hydrogens (tertiary/aromatic N) is 2. The Bertz CT molecular complexity index is 758. The second kappa shape index (κ2) is 6.35. The molecule has 0 saturated heterocycles. The Balaban J connectivity index is 2.13. The summed E-state index contributed by atoms with van der Waals surface area (Å²) >= 11 is 0. The minimum absolute atomic E-state index is 0.112. The highest BCUT2D eigenvalue weighted by atomic mass is 16.6. The second-order valence-corrected chi connectivity index (χ2v) is 4.22. The van der Waals surface area contributed by atoms with Gasteiger partial charge >= 0.3 is 0 Å². The van der Waals surface area contributed by atoms with Gasteiger partial charge < -0.3 is 10.2 Å². The first-order chi connectivity index (χ1) is 10.5. The van der Waals surface area contributed by atoms with E-state index in [9.17, 15) is 20.0 Å². The Hall–Kier alpha value is -3.42. The van der Waals surface area contributed by atoms with Crippen molar-refractivity contribution in [1.82, 2.24) is 5.43 Å². The van der Waals surface area contributed by atoms with E-state index < -0.39 is 10.8 Å². The number of rotatable bonds is 4. The van der Waals surface area contributed by atoms with Gasteiger partial charge in [0, 0.05) is 17.7 Å². The standard InChI is InChI=1S/C14H11N3O5/c18-10-6-5-9(13(19)7-10)8-15-16-14(20)11-3-1-2-4-12(11)17(21)22/h1-8,18-19H,(H,16,20). The minimum atomic E-state index is -0.748. The third-order valence-electron chi connectivity index (χ3n) is 2.73. The van der Waals surface area contributed by atoms with Crippen LogP contribution >= 0.6 is 0 Å². The Morgan fingerprint density at radius 2 is 1.95 bits per heavy atom. The van der Waals surface area contributed by atoms with Gasteiger partial charge in [-0.3, -0.25) is 14.9 Å². The number of nitro benzene ring substituents is 1. The topological polar surface area (TPSA) is 125 Å². The van der Waals surface area contributed by atoms with Gasteiger partial charge in [0.15, 0.2) is 0 Å². The average molecular weight is 301 g/mol. The van der Waals surface area contributed by atoms with Crippen molar-refractivity contribution in [2.75, 3.05) is 0 Å². The normalized spacial score (nSPS) is 10.5. The van der Waals surface area contributed by atoms with E-state index in [1.165, 1.54) is 36.4 Å². The average Bonchev–Trinajstić information content (AvgIpc) is 2.49. The zero-order valence-electron chi connectivity index (χ0n) is 11.1. The number of nitrogens with one attached hydrogen (secondary N) is 1. The summed E-state index contributed by atoms with van der Waals surface area (Å²) in [6, 6.07) is 9.32. The maximum atomic E-state index is 11.9. The van der Waals surface area contributed by atoms with Gasteiger partial charge in [-0.2, -0.15) is 5.10 Å². The molecule has 2 aromatic carbocycles. The maximum Gasteiger partial charge on any atom is 0.282 e. The highest BCUT2D eigenvalue weighted by Crippen LogP contribution is 2.21. The third-order valence-corrected chi connectivity index (χ3v) is 2.73. The number of aromatic hydroxyl groups is 2. The van der Waals surface area contributed by atoms with Crippen molar-refractivity contribution in [1.29, 1.82) is 0 Å². The van der Waals surface area contributed by atoms with Crippen molar-refractivity contribution < 1.29 is 19.9 Å². The molecular formula is C14H11N3O5. The van der Waals surface area contributed by atoms with Gasteiger partial charge in [0.2, 0.25) is 0 Å². The molecule has 2 rings (SSSR count). The van der Waals surface area contributed by atoms with Crippen LogP contribution in [0.3, 0.4) is 0 Å². The smallest absolute Gasteiger partial charge is 0.282 e. The largest absolute Gasteiger partial charge is 0.508 e. The molecule has 112 valence electrons. The predicted molar refractivity (Wildman–Crippen MR) is 77.9 cm³/mol. The molecule has 0 radical (unpaired) electrons. The predicted octanol–water partition coefficient (Wildman–Crippen LogP) is 1.77. The number of hydrogen-bond acceptors (Lipinski definition) is 6. The Morgan fingerprint density at radius 3 is 2.64 bits per heavy atom. The van der Waals surface area contributed by atoms with Crippen molar-refractivity contribution in [2.24, 2.45) is 5.10 Å². The van der Waals surface area contributed by atoms with Crippen LogP contribution in [0.5, 0.6) is 11.5 Å². The van der Waals surface area contributed by atoms with Crippen LogP contribution < -0.4 is 5.43 Å². The van der Waals surface area contributed by atoms with E-state index in [1.807, 2.05) is 0 Å². The Morgan fingerprint density at radius 1 is 1.23 bits per heavy atom. The molecule has 0 heterocycles. The number of hydrazone groups is 1. The Kier molecular flexibility index (Phi) is 4.33. The lowest BCUT2D eigenvalue weighted by Gasteiger charge is -2.02. The summed E-state index contributed by atoms with van der Waals surface area (Å²) in [6.07, 6.45) is 1.15. The number of para-hydroxylation sites is 1. The summed E-state index contributed by atoms with van der Waals surface area (Å²) in [4.78, 5) is 22.0. The molecule has 8 heteroatoms. The summed E-state index contributed by atoms with van der Waals surface area (Å²) < 4.78 is 0. The lowest BCUT2D eigenvalue weighted by molar-refractivity contribution is -0.385. The first-order valence-corrected chi connectivity index (χ1v) is 6.08. The first kappa shape index (κ1) is 15.0. The number of nitro groups is 1. The van der Waals surface area contributed by atoms with Gasteiger partial charge in [0.1, 0.15) is 17.1 Å². The number of benzene rings is 2. The molecule has 0 aromatic heterocycles. The third kappa shape index (κ3) is 3.37. The van der Waals surface area contributed by atoms with E-state index >= 15 is 0 Å².